The number of sulfonamides is 1. The fraction of sp³-hybridized carbons (Fsp3) is 0.238. The molecule has 3 rings (SSSR count). The molecule has 1 aliphatic rings. The average Bonchev–Trinajstić information content (AvgIpc) is 2.77. The molecule has 0 aromatic heterocycles. The van der Waals surface area contributed by atoms with Crippen molar-refractivity contribution in [3.05, 3.63) is 70.7 Å². The van der Waals surface area contributed by atoms with Crippen molar-refractivity contribution in [2.45, 2.75) is 4.90 Å². The topological polar surface area (TPSA) is 86.8 Å². The van der Waals surface area contributed by atoms with Crippen LogP contribution in [0.2, 0.25) is 0 Å². The third-order valence-electron chi connectivity index (χ3n) is 4.67. The lowest BCUT2D eigenvalue weighted by Gasteiger charge is -2.34. The first-order valence-corrected chi connectivity index (χ1v) is 11.6. The Morgan fingerprint density at radius 2 is 1.70 bits per heavy atom. The summed E-state index contributed by atoms with van der Waals surface area (Å²) in [6.45, 7) is 0.852. The standard InChI is InChI=1S/C21H22BrN3O4S/c22-18-7-4-8-19(15-18)30(28,29)25-13-11-24(12-14-25)21(27)16-23-20(26)10-9-17-5-2-1-3-6-17/h1-10,15H,11-14,16H2,(H,23,26)/b10-9+. The fourth-order valence-corrected chi connectivity index (χ4v) is 5.04. The Bertz CT molecular complexity index is 1030. The molecule has 158 valence electrons. The van der Waals surface area contributed by atoms with Crippen LogP contribution in [0.5, 0.6) is 0 Å². The lowest BCUT2D eigenvalue weighted by molar-refractivity contribution is -0.133. The van der Waals surface area contributed by atoms with Gasteiger partial charge in [-0.2, -0.15) is 4.31 Å². The van der Waals surface area contributed by atoms with E-state index in [0.29, 0.717) is 4.47 Å². The van der Waals surface area contributed by atoms with Crippen molar-refractivity contribution in [2.75, 3.05) is 32.7 Å². The number of piperazine rings is 1. The van der Waals surface area contributed by atoms with E-state index in [2.05, 4.69) is 21.2 Å². The van der Waals surface area contributed by atoms with E-state index in [0.717, 1.165) is 5.56 Å². The number of hydrogen-bond donors (Lipinski definition) is 1. The monoisotopic (exact) mass is 491 g/mol. The molecule has 0 spiro atoms. The normalized spacial score (nSPS) is 15.3. The van der Waals surface area contributed by atoms with Gasteiger partial charge in [-0.25, -0.2) is 8.42 Å². The minimum atomic E-state index is -3.61. The lowest BCUT2D eigenvalue weighted by atomic mass is 10.2. The molecule has 1 aliphatic heterocycles. The van der Waals surface area contributed by atoms with Crippen LogP contribution in [-0.2, 0) is 19.6 Å². The van der Waals surface area contributed by atoms with E-state index < -0.39 is 10.0 Å². The first kappa shape index (κ1) is 22.2. The molecule has 1 fully saturated rings. The number of amides is 2. The van der Waals surface area contributed by atoms with Crippen LogP contribution in [-0.4, -0.2) is 62.2 Å². The molecular weight excluding hydrogens is 470 g/mol. The summed E-state index contributed by atoms with van der Waals surface area (Å²) in [5, 5.41) is 2.57. The number of halogens is 1. The fourth-order valence-electron chi connectivity index (χ4n) is 3.02. The van der Waals surface area contributed by atoms with Gasteiger partial charge in [0.2, 0.25) is 21.8 Å². The zero-order valence-electron chi connectivity index (χ0n) is 16.2. The molecule has 2 amide bonds. The van der Waals surface area contributed by atoms with Crippen LogP contribution in [0.4, 0.5) is 0 Å². The van der Waals surface area contributed by atoms with E-state index in [1.165, 1.54) is 10.4 Å². The molecule has 0 saturated carbocycles. The van der Waals surface area contributed by atoms with Gasteiger partial charge in [0.05, 0.1) is 11.4 Å². The summed E-state index contributed by atoms with van der Waals surface area (Å²) in [5.74, 6) is -0.598. The number of carbonyl (C=O) groups excluding carboxylic acids is 2. The third kappa shape index (κ3) is 5.78. The second-order valence-corrected chi connectivity index (χ2v) is 9.56. The Morgan fingerprint density at radius 3 is 2.37 bits per heavy atom. The van der Waals surface area contributed by atoms with Crippen LogP contribution in [0.1, 0.15) is 5.56 Å². The van der Waals surface area contributed by atoms with Crippen molar-refractivity contribution in [3.8, 4) is 0 Å². The van der Waals surface area contributed by atoms with Crippen molar-refractivity contribution in [1.29, 1.82) is 0 Å². The Kier molecular flexibility index (Phi) is 7.41. The molecule has 30 heavy (non-hydrogen) atoms. The van der Waals surface area contributed by atoms with Crippen LogP contribution >= 0.6 is 15.9 Å². The van der Waals surface area contributed by atoms with Gasteiger partial charge in [-0.05, 0) is 29.8 Å². The number of nitrogens with zero attached hydrogens (tertiary/aromatic N) is 2. The highest BCUT2D eigenvalue weighted by molar-refractivity contribution is 9.10. The van der Waals surface area contributed by atoms with Crippen LogP contribution < -0.4 is 5.32 Å². The van der Waals surface area contributed by atoms with Gasteiger partial charge >= 0.3 is 0 Å². The Morgan fingerprint density at radius 1 is 1.00 bits per heavy atom. The number of carbonyl (C=O) groups is 2. The van der Waals surface area contributed by atoms with E-state index in [1.807, 2.05) is 30.3 Å². The van der Waals surface area contributed by atoms with Gasteiger partial charge in [0.25, 0.3) is 0 Å². The molecular formula is C21H22BrN3O4S. The highest BCUT2D eigenvalue weighted by Gasteiger charge is 2.30. The predicted molar refractivity (Wildman–Crippen MR) is 118 cm³/mol. The van der Waals surface area contributed by atoms with Gasteiger partial charge in [0, 0.05) is 36.7 Å². The first-order chi connectivity index (χ1) is 14.4. The van der Waals surface area contributed by atoms with Crippen LogP contribution in [0, 0.1) is 0 Å². The molecule has 1 heterocycles. The van der Waals surface area contributed by atoms with Crippen molar-refractivity contribution in [3.63, 3.8) is 0 Å². The maximum Gasteiger partial charge on any atom is 0.244 e. The maximum absolute atomic E-state index is 12.8. The second kappa shape index (κ2) is 10.0. The summed E-state index contributed by atoms with van der Waals surface area (Å²) in [5.41, 5.74) is 0.891. The van der Waals surface area contributed by atoms with Crippen molar-refractivity contribution >= 4 is 43.8 Å². The van der Waals surface area contributed by atoms with Gasteiger partial charge < -0.3 is 10.2 Å². The minimum Gasteiger partial charge on any atom is -0.343 e. The molecule has 0 radical (unpaired) electrons. The summed E-state index contributed by atoms with van der Waals surface area (Å²) in [7, 11) is -3.61. The van der Waals surface area contributed by atoms with Crippen molar-refractivity contribution in [1.82, 2.24) is 14.5 Å². The summed E-state index contributed by atoms with van der Waals surface area (Å²) >= 11 is 3.29. The van der Waals surface area contributed by atoms with Crippen molar-refractivity contribution < 1.29 is 18.0 Å². The smallest absolute Gasteiger partial charge is 0.244 e. The highest BCUT2D eigenvalue weighted by atomic mass is 79.9. The number of nitrogens with one attached hydrogen (secondary N) is 1. The van der Waals surface area contributed by atoms with Gasteiger partial charge in [-0.15, -0.1) is 0 Å². The summed E-state index contributed by atoms with van der Waals surface area (Å²) in [6.07, 6.45) is 3.05. The molecule has 0 atom stereocenters. The first-order valence-electron chi connectivity index (χ1n) is 9.41. The van der Waals surface area contributed by atoms with E-state index in [-0.39, 0.29) is 49.4 Å². The third-order valence-corrected chi connectivity index (χ3v) is 7.05. The lowest BCUT2D eigenvalue weighted by Crippen LogP contribution is -2.52. The molecule has 9 heteroatoms. The average molecular weight is 492 g/mol. The Labute approximate surface area is 184 Å². The van der Waals surface area contributed by atoms with Crippen LogP contribution in [0.15, 0.2) is 70.0 Å². The Hall–Kier alpha value is -2.49. The number of benzene rings is 2. The molecule has 1 saturated heterocycles. The Balaban J connectivity index is 1.48. The summed E-state index contributed by atoms with van der Waals surface area (Å²) in [4.78, 5) is 26.1. The van der Waals surface area contributed by atoms with Gasteiger partial charge in [-0.1, -0.05) is 52.3 Å². The molecule has 7 nitrogen and oxygen atoms in total. The number of rotatable bonds is 6. The molecule has 0 aliphatic carbocycles. The number of hydrogen-bond acceptors (Lipinski definition) is 4. The largest absolute Gasteiger partial charge is 0.343 e. The van der Waals surface area contributed by atoms with E-state index in [9.17, 15) is 18.0 Å². The van der Waals surface area contributed by atoms with Gasteiger partial charge in [0.15, 0.2) is 0 Å². The quantitative estimate of drug-likeness (QED) is 0.626. The van der Waals surface area contributed by atoms with Crippen LogP contribution in [0.25, 0.3) is 6.08 Å². The molecule has 0 bridgehead atoms. The molecule has 2 aromatic carbocycles. The van der Waals surface area contributed by atoms with Crippen LogP contribution in [0.3, 0.4) is 0 Å². The zero-order chi connectivity index (χ0) is 21.6. The van der Waals surface area contributed by atoms with E-state index >= 15 is 0 Å². The van der Waals surface area contributed by atoms with E-state index in [1.54, 1.807) is 35.2 Å². The predicted octanol–water partition coefficient (Wildman–Crippen LogP) is 2.11. The maximum atomic E-state index is 12.8. The minimum absolute atomic E-state index is 0.129. The summed E-state index contributed by atoms with van der Waals surface area (Å²) in [6, 6.07) is 15.9. The highest BCUT2D eigenvalue weighted by Crippen LogP contribution is 2.21. The second-order valence-electron chi connectivity index (χ2n) is 6.70. The molecule has 0 unspecified atom stereocenters. The van der Waals surface area contributed by atoms with E-state index in [4.69, 9.17) is 0 Å². The molecule has 1 N–H and O–H groups in total. The van der Waals surface area contributed by atoms with Gasteiger partial charge in [0.1, 0.15) is 0 Å². The van der Waals surface area contributed by atoms with Crippen molar-refractivity contribution in [2.24, 2.45) is 0 Å². The summed E-state index contributed by atoms with van der Waals surface area (Å²) < 4.78 is 27.6. The van der Waals surface area contributed by atoms with Gasteiger partial charge in [-0.3, -0.25) is 9.59 Å². The molecule has 2 aromatic rings. The zero-order valence-corrected chi connectivity index (χ0v) is 18.6. The SMILES string of the molecule is O=C(/C=C/c1ccccc1)NCC(=O)N1CCN(S(=O)(=O)c2cccc(Br)c2)CC1.